The van der Waals surface area contributed by atoms with Gasteiger partial charge in [0.15, 0.2) is 0 Å². The molecular formula is C50H80I2N8. The Hall–Kier alpha value is -3.98. The van der Waals surface area contributed by atoms with Crippen LogP contribution >= 0.6 is 37.2 Å². The van der Waals surface area contributed by atoms with Gasteiger partial charge in [0.05, 0.1) is 50.9 Å². The van der Waals surface area contributed by atoms with Crippen molar-refractivity contribution in [3.05, 3.63) is 91.1 Å². The van der Waals surface area contributed by atoms with Gasteiger partial charge in [-0.1, -0.05) is 87.0 Å². The van der Waals surface area contributed by atoms with E-state index in [0.717, 1.165) is 85.5 Å². The molecule has 0 aromatic carbocycles. The lowest BCUT2D eigenvalue weighted by Crippen LogP contribution is -1.99. The van der Waals surface area contributed by atoms with E-state index in [-0.39, 0.29) is 0 Å². The van der Waals surface area contributed by atoms with Gasteiger partial charge in [0.2, 0.25) is 0 Å². The third-order valence-electron chi connectivity index (χ3n) is 6.54. The molecule has 4 heterocycles. The van der Waals surface area contributed by atoms with Crippen LogP contribution in [0.15, 0.2) is 0 Å². The monoisotopic (exact) mass is 1050 g/mol. The van der Waals surface area contributed by atoms with Crippen molar-refractivity contribution in [2.45, 2.75) is 180 Å². The lowest BCUT2D eigenvalue weighted by atomic mass is 10.2. The van der Waals surface area contributed by atoms with Gasteiger partial charge in [-0.2, -0.15) is 0 Å². The summed E-state index contributed by atoms with van der Waals surface area (Å²) in [7, 11) is 0. The highest BCUT2D eigenvalue weighted by Crippen LogP contribution is 2.10. The predicted octanol–water partition coefficient (Wildman–Crippen LogP) is 14.2. The maximum Gasteiger partial charge on any atom is 0.125 e. The van der Waals surface area contributed by atoms with E-state index in [4.69, 9.17) is 6.42 Å². The molecule has 4 aromatic heterocycles. The van der Waals surface area contributed by atoms with Gasteiger partial charge in [-0.25, -0.2) is 39.9 Å². The van der Waals surface area contributed by atoms with Gasteiger partial charge in [-0.3, -0.25) is 0 Å². The van der Waals surface area contributed by atoms with E-state index in [9.17, 15) is 0 Å². The third kappa shape index (κ3) is 32.8. The Bertz CT molecular complexity index is 1770. The summed E-state index contributed by atoms with van der Waals surface area (Å²) in [5.41, 5.74) is 11.8. The van der Waals surface area contributed by atoms with Gasteiger partial charge >= 0.3 is 0 Å². The van der Waals surface area contributed by atoms with Crippen molar-refractivity contribution in [3.8, 4) is 48.4 Å². The van der Waals surface area contributed by atoms with E-state index in [0.29, 0.717) is 0 Å². The van der Waals surface area contributed by atoms with E-state index >= 15 is 0 Å². The maximum atomic E-state index is 5.27. The van der Waals surface area contributed by atoms with Gasteiger partial charge in [0.1, 0.15) is 23.3 Å². The summed E-state index contributed by atoms with van der Waals surface area (Å²) < 4.78 is 0. The Labute approximate surface area is 393 Å². The molecule has 60 heavy (non-hydrogen) atoms. The number of nitrogens with zero attached hydrogens (tertiary/aromatic N) is 8. The molecule has 0 saturated carbocycles. The van der Waals surface area contributed by atoms with Crippen LogP contribution in [-0.4, -0.2) is 39.9 Å². The van der Waals surface area contributed by atoms with Crippen molar-refractivity contribution in [1.29, 1.82) is 0 Å². The first-order valence-corrected chi connectivity index (χ1v) is 26.8. The highest BCUT2D eigenvalue weighted by atomic mass is 128. The molecule has 4 rings (SSSR count). The van der Waals surface area contributed by atoms with E-state index in [1.54, 1.807) is 6.92 Å². The molecule has 0 unspecified atom stereocenters. The Morgan fingerprint density at radius 1 is 0.333 bits per heavy atom. The highest BCUT2D eigenvalue weighted by Gasteiger charge is 2.04. The first-order valence-electron chi connectivity index (χ1n) is 20.5. The number of hydrogen-bond acceptors (Lipinski definition) is 8. The van der Waals surface area contributed by atoms with Crippen molar-refractivity contribution in [1.82, 2.24) is 39.9 Å². The van der Waals surface area contributed by atoms with Crippen molar-refractivity contribution in [3.63, 3.8) is 0 Å². The third-order valence-corrected chi connectivity index (χ3v) is 6.54. The number of aryl methyl sites for hydroxylation is 12. The summed E-state index contributed by atoms with van der Waals surface area (Å²) in [6.45, 7) is 50.6. The van der Waals surface area contributed by atoms with Crippen LogP contribution in [0.25, 0.3) is 0 Å². The molecule has 0 aliphatic heterocycles. The maximum absolute atomic E-state index is 5.27. The van der Waals surface area contributed by atoms with Crippen LogP contribution in [0, 0.1) is 138 Å². The molecule has 0 fully saturated rings. The molecule has 10 heteroatoms. The molecule has 0 bridgehead atoms. The number of rotatable bonds is 0. The fourth-order valence-electron chi connectivity index (χ4n) is 4.41. The Kier molecular flexibility index (Phi) is 56.1. The lowest BCUT2D eigenvalue weighted by molar-refractivity contribution is 0.948. The van der Waals surface area contributed by atoms with Crippen LogP contribution in [0.5, 0.6) is 0 Å². The molecule has 0 radical (unpaired) electrons. The van der Waals surface area contributed by atoms with Gasteiger partial charge in [0.25, 0.3) is 0 Å². The summed E-state index contributed by atoms with van der Waals surface area (Å²) in [5.74, 6) is 19.8. The molecule has 0 atom stereocenters. The van der Waals surface area contributed by atoms with Crippen LogP contribution in [0.1, 0.15) is 181 Å². The second-order valence-corrected chi connectivity index (χ2v) is 10.7. The zero-order valence-corrected chi connectivity index (χ0v) is 46.8. The highest BCUT2D eigenvalue weighted by molar-refractivity contribution is 15.0. The van der Waals surface area contributed by atoms with E-state index in [1.807, 2.05) is 173 Å². The molecule has 0 amide bonds. The summed E-state index contributed by atoms with van der Waals surface area (Å²) in [6.07, 6.45) is 9.87. The zero-order chi connectivity index (χ0) is 49.1. The van der Waals surface area contributed by atoms with Crippen molar-refractivity contribution >= 4 is 37.2 Å². The molecular weight excluding hydrogens is 966 g/mol. The predicted molar refractivity (Wildman–Crippen MR) is 282 cm³/mol. The van der Waals surface area contributed by atoms with Crippen LogP contribution in [0.4, 0.5) is 0 Å². The first-order chi connectivity index (χ1) is 28.5. The molecule has 0 N–H and O–H groups in total. The summed E-state index contributed by atoms with van der Waals surface area (Å²) in [5, 5.41) is 0. The summed E-state index contributed by atoms with van der Waals surface area (Å²) in [4.78, 5) is 33.7. The molecule has 0 spiro atoms. The fraction of sp³-hybridized carbons (Fsp3) is 0.520. The lowest BCUT2D eigenvalue weighted by Gasteiger charge is -2.02. The van der Waals surface area contributed by atoms with Crippen LogP contribution in [0.2, 0.25) is 0 Å². The van der Waals surface area contributed by atoms with Crippen molar-refractivity contribution in [2.75, 3.05) is 0 Å². The van der Waals surface area contributed by atoms with Gasteiger partial charge in [0, 0.05) is 48.6 Å². The summed E-state index contributed by atoms with van der Waals surface area (Å²) in [6, 6.07) is 0. The molecule has 4 aromatic rings. The van der Waals surface area contributed by atoms with E-state index in [1.165, 1.54) is 5.56 Å². The smallest absolute Gasteiger partial charge is 0.125 e. The quantitative estimate of drug-likeness (QED) is 0.127. The molecule has 0 saturated heterocycles. The van der Waals surface area contributed by atoms with Crippen molar-refractivity contribution < 1.29 is 0 Å². The van der Waals surface area contributed by atoms with Gasteiger partial charge in [-0.15, -0.1) is 30.6 Å². The second kappa shape index (κ2) is 47.7. The van der Waals surface area contributed by atoms with E-state index < -0.39 is 0 Å². The minimum atomic E-state index is 0.777. The zero-order valence-electron chi connectivity index (χ0n) is 42.5. The Morgan fingerprint density at radius 3 is 0.667 bits per heavy atom. The fourth-order valence-corrected chi connectivity index (χ4v) is 4.41. The van der Waals surface area contributed by atoms with Crippen LogP contribution < -0.4 is 0 Å². The van der Waals surface area contributed by atoms with E-state index in [2.05, 4.69) is 119 Å². The molecule has 8 nitrogen and oxygen atoms in total. The average molecular weight is 1050 g/mol. The number of terminal acetylenes is 2. The summed E-state index contributed by atoms with van der Waals surface area (Å²) >= 11 is 4.24. The second-order valence-electron chi connectivity index (χ2n) is 10.7. The van der Waals surface area contributed by atoms with Gasteiger partial charge < -0.3 is 0 Å². The minimum Gasteiger partial charge on any atom is -0.238 e. The average Bonchev–Trinajstić information content (AvgIpc) is 3.22. The standard InChI is InChI=1S/2C10H12N2.C9H10N2.C8H12N2.C3H4.5C2H6.I2/c2*1-5-6-10-7(2)11-9(4)12-8(10)3;1-5-9-6(2)10-8(4)11-7(9)3;1-5-6(2)9-8(4)10-7(5)3;1-3-2;6*1-2/h2*1-4H3;1H,2-4H3;1-4H3;1H,2H3;5*1-2H3;. The Balaban J connectivity index is -0.000000113. The number of aromatic nitrogens is 8. The van der Waals surface area contributed by atoms with Crippen LogP contribution in [-0.2, 0) is 0 Å². The van der Waals surface area contributed by atoms with Gasteiger partial charge in [-0.05, 0) is 116 Å². The number of hydrogen-bond donors (Lipinski definition) is 0. The Morgan fingerprint density at radius 2 is 0.500 bits per heavy atom. The number of halogens is 2. The van der Waals surface area contributed by atoms with Crippen molar-refractivity contribution in [2.24, 2.45) is 0 Å². The normalized spacial score (nSPS) is 7.70. The SMILES string of the molecule is C#CC.C#Cc1c(C)nc(C)nc1C.CC.CC.CC.CC.CC.CC#Cc1c(C)nc(C)nc1C.CC#Cc1c(C)nc(C)nc1C.Cc1nc(C)c(C)c(C)n1.II. The largest absolute Gasteiger partial charge is 0.238 e. The minimum absolute atomic E-state index is 0.777. The topological polar surface area (TPSA) is 103 Å². The molecule has 334 valence electrons. The first kappa shape index (κ1) is 70.6. The van der Waals surface area contributed by atoms with Crippen LogP contribution in [0.3, 0.4) is 0 Å². The molecule has 0 aliphatic carbocycles. The molecule has 0 aliphatic rings.